The van der Waals surface area contributed by atoms with E-state index >= 15 is 0 Å². The van der Waals surface area contributed by atoms with Crippen LogP contribution >= 0.6 is 0 Å². The van der Waals surface area contributed by atoms with Crippen molar-refractivity contribution in [2.24, 2.45) is 0 Å². The standard InChI is InChI=1S/C13H16F2N2O3S/c1-3-7-17(21(2,19)20)8-6-13(18)16-10-4-5-11(14)12(15)9-10/h3-5,9H,1,6-8H2,2H3,(H,16,18). The molecule has 0 spiro atoms. The first-order valence-electron chi connectivity index (χ1n) is 6.05. The Hall–Kier alpha value is -1.80. The van der Waals surface area contributed by atoms with Gasteiger partial charge in [0.05, 0.1) is 6.26 Å². The third kappa shape index (κ3) is 5.60. The van der Waals surface area contributed by atoms with Gasteiger partial charge in [-0.05, 0) is 12.1 Å². The number of amides is 1. The largest absolute Gasteiger partial charge is 0.326 e. The molecular weight excluding hydrogens is 302 g/mol. The maximum absolute atomic E-state index is 13.0. The smallest absolute Gasteiger partial charge is 0.225 e. The molecule has 1 N–H and O–H groups in total. The number of nitrogens with one attached hydrogen (secondary N) is 1. The summed E-state index contributed by atoms with van der Waals surface area (Å²) in [7, 11) is -3.44. The van der Waals surface area contributed by atoms with Gasteiger partial charge in [-0.1, -0.05) is 6.08 Å². The normalized spacial score (nSPS) is 11.4. The molecule has 1 rings (SSSR count). The average Bonchev–Trinajstić information content (AvgIpc) is 2.37. The molecule has 0 radical (unpaired) electrons. The lowest BCUT2D eigenvalue weighted by molar-refractivity contribution is -0.116. The Morgan fingerprint density at radius 1 is 1.38 bits per heavy atom. The van der Waals surface area contributed by atoms with E-state index in [0.29, 0.717) is 0 Å². The topological polar surface area (TPSA) is 66.5 Å². The van der Waals surface area contributed by atoms with Gasteiger partial charge in [0, 0.05) is 31.3 Å². The Labute approximate surface area is 122 Å². The molecular formula is C13H16F2N2O3S. The Balaban J connectivity index is 2.60. The number of anilines is 1. The molecule has 0 atom stereocenters. The molecule has 1 aromatic rings. The van der Waals surface area contributed by atoms with E-state index in [1.165, 1.54) is 12.1 Å². The lowest BCUT2D eigenvalue weighted by atomic mass is 10.3. The van der Waals surface area contributed by atoms with Crippen molar-refractivity contribution in [2.75, 3.05) is 24.7 Å². The number of hydrogen-bond acceptors (Lipinski definition) is 3. The van der Waals surface area contributed by atoms with Crippen LogP contribution in [0.3, 0.4) is 0 Å². The van der Waals surface area contributed by atoms with Crippen molar-refractivity contribution in [3.05, 3.63) is 42.5 Å². The number of sulfonamides is 1. The molecule has 21 heavy (non-hydrogen) atoms. The lowest BCUT2D eigenvalue weighted by Gasteiger charge is -2.17. The highest BCUT2D eigenvalue weighted by molar-refractivity contribution is 7.88. The van der Waals surface area contributed by atoms with Gasteiger partial charge in [-0.3, -0.25) is 4.79 Å². The molecule has 116 valence electrons. The Morgan fingerprint density at radius 3 is 2.57 bits per heavy atom. The SMILES string of the molecule is C=CCN(CCC(=O)Nc1ccc(F)c(F)c1)S(C)(=O)=O. The highest BCUT2D eigenvalue weighted by Gasteiger charge is 2.16. The first kappa shape index (κ1) is 17.3. The van der Waals surface area contributed by atoms with Crippen LogP contribution in [0.5, 0.6) is 0 Å². The minimum Gasteiger partial charge on any atom is -0.326 e. The lowest BCUT2D eigenvalue weighted by Crippen LogP contribution is -2.33. The summed E-state index contributed by atoms with van der Waals surface area (Å²) in [6, 6.07) is 2.96. The number of nitrogens with zero attached hydrogens (tertiary/aromatic N) is 1. The number of hydrogen-bond donors (Lipinski definition) is 1. The summed E-state index contributed by atoms with van der Waals surface area (Å²) in [5.41, 5.74) is 0.105. The molecule has 8 heteroatoms. The highest BCUT2D eigenvalue weighted by atomic mass is 32.2. The van der Waals surface area contributed by atoms with Crippen LogP contribution in [-0.2, 0) is 14.8 Å². The van der Waals surface area contributed by atoms with Crippen molar-refractivity contribution in [3.63, 3.8) is 0 Å². The van der Waals surface area contributed by atoms with E-state index in [-0.39, 0.29) is 25.2 Å². The molecule has 0 aromatic heterocycles. The molecule has 0 aliphatic carbocycles. The van der Waals surface area contributed by atoms with Gasteiger partial charge in [0.25, 0.3) is 0 Å². The molecule has 0 unspecified atom stereocenters. The van der Waals surface area contributed by atoms with Gasteiger partial charge < -0.3 is 5.32 Å². The number of halogens is 2. The Bertz CT molecular complexity index is 632. The van der Waals surface area contributed by atoms with Crippen LogP contribution in [0.25, 0.3) is 0 Å². The van der Waals surface area contributed by atoms with E-state index in [1.54, 1.807) is 0 Å². The first-order chi connectivity index (χ1) is 9.74. The van der Waals surface area contributed by atoms with Crippen LogP contribution < -0.4 is 5.32 Å². The monoisotopic (exact) mass is 318 g/mol. The van der Waals surface area contributed by atoms with Crippen LogP contribution in [0, 0.1) is 11.6 Å². The molecule has 0 saturated carbocycles. The summed E-state index contributed by atoms with van der Waals surface area (Å²) in [6.07, 6.45) is 2.33. The fourth-order valence-electron chi connectivity index (χ4n) is 1.56. The van der Waals surface area contributed by atoms with Crippen LogP contribution in [0.15, 0.2) is 30.9 Å². The summed E-state index contributed by atoms with van der Waals surface area (Å²) in [5, 5.41) is 2.37. The van der Waals surface area contributed by atoms with Gasteiger partial charge in [0.2, 0.25) is 15.9 Å². The van der Waals surface area contributed by atoms with Gasteiger partial charge in [-0.15, -0.1) is 6.58 Å². The minimum atomic E-state index is -3.44. The fraction of sp³-hybridized carbons (Fsp3) is 0.308. The molecule has 0 fully saturated rings. The van der Waals surface area contributed by atoms with Crippen molar-refractivity contribution in [3.8, 4) is 0 Å². The van der Waals surface area contributed by atoms with E-state index in [0.717, 1.165) is 22.7 Å². The predicted octanol–water partition coefficient (Wildman–Crippen LogP) is 1.74. The second kappa shape index (κ2) is 7.28. The fourth-order valence-corrected chi connectivity index (χ4v) is 2.36. The third-order valence-electron chi connectivity index (χ3n) is 2.59. The number of carbonyl (C=O) groups is 1. The van der Waals surface area contributed by atoms with Crippen molar-refractivity contribution < 1.29 is 22.0 Å². The zero-order valence-corrected chi connectivity index (χ0v) is 12.3. The molecule has 0 bridgehead atoms. The Kier molecular flexibility index (Phi) is 5.98. The minimum absolute atomic E-state index is 0.0274. The van der Waals surface area contributed by atoms with Crippen molar-refractivity contribution >= 4 is 21.6 Å². The molecule has 0 saturated heterocycles. The summed E-state index contributed by atoms with van der Waals surface area (Å²) in [6.45, 7) is 3.51. The van der Waals surface area contributed by atoms with E-state index in [1.807, 2.05) is 0 Å². The van der Waals surface area contributed by atoms with Crippen LogP contribution in [0.2, 0.25) is 0 Å². The quantitative estimate of drug-likeness (QED) is 0.779. The number of rotatable bonds is 7. The summed E-state index contributed by atoms with van der Waals surface area (Å²) >= 11 is 0. The summed E-state index contributed by atoms with van der Waals surface area (Å²) in [5.74, 6) is -2.59. The third-order valence-corrected chi connectivity index (χ3v) is 3.86. The Morgan fingerprint density at radius 2 is 2.05 bits per heavy atom. The maximum Gasteiger partial charge on any atom is 0.225 e. The van der Waals surface area contributed by atoms with E-state index < -0.39 is 27.6 Å². The van der Waals surface area contributed by atoms with Crippen LogP contribution in [-0.4, -0.2) is 38.0 Å². The molecule has 0 heterocycles. The molecule has 0 aliphatic rings. The zero-order chi connectivity index (χ0) is 16.0. The number of carbonyl (C=O) groups excluding carboxylic acids is 1. The maximum atomic E-state index is 13.0. The zero-order valence-electron chi connectivity index (χ0n) is 11.5. The average molecular weight is 318 g/mol. The van der Waals surface area contributed by atoms with Gasteiger partial charge in [0.1, 0.15) is 0 Å². The van der Waals surface area contributed by atoms with Crippen molar-refractivity contribution in [1.82, 2.24) is 4.31 Å². The van der Waals surface area contributed by atoms with Crippen molar-refractivity contribution in [1.29, 1.82) is 0 Å². The molecule has 0 aliphatic heterocycles. The molecule has 5 nitrogen and oxygen atoms in total. The van der Waals surface area contributed by atoms with Crippen molar-refractivity contribution in [2.45, 2.75) is 6.42 Å². The van der Waals surface area contributed by atoms with Crippen LogP contribution in [0.4, 0.5) is 14.5 Å². The summed E-state index contributed by atoms with van der Waals surface area (Å²) in [4.78, 5) is 11.7. The van der Waals surface area contributed by atoms with Gasteiger partial charge in [0.15, 0.2) is 11.6 Å². The number of benzene rings is 1. The van der Waals surface area contributed by atoms with Gasteiger partial charge in [-0.2, -0.15) is 4.31 Å². The second-order valence-electron chi connectivity index (χ2n) is 4.34. The molecule has 1 amide bonds. The van der Waals surface area contributed by atoms with E-state index in [2.05, 4.69) is 11.9 Å². The predicted molar refractivity (Wildman–Crippen MR) is 76.2 cm³/mol. The second-order valence-corrected chi connectivity index (χ2v) is 6.32. The first-order valence-corrected chi connectivity index (χ1v) is 7.90. The van der Waals surface area contributed by atoms with Gasteiger partial charge >= 0.3 is 0 Å². The molecule has 1 aromatic carbocycles. The highest BCUT2D eigenvalue weighted by Crippen LogP contribution is 2.13. The van der Waals surface area contributed by atoms with Crippen LogP contribution in [0.1, 0.15) is 6.42 Å². The van der Waals surface area contributed by atoms with E-state index in [4.69, 9.17) is 0 Å². The van der Waals surface area contributed by atoms with Gasteiger partial charge in [-0.25, -0.2) is 17.2 Å². The summed E-state index contributed by atoms with van der Waals surface area (Å²) < 4.78 is 49.7. The van der Waals surface area contributed by atoms with E-state index in [9.17, 15) is 22.0 Å².